The van der Waals surface area contributed by atoms with Crippen molar-refractivity contribution in [3.8, 4) is 11.8 Å². The zero-order chi connectivity index (χ0) is 8.97. The summed E-state index contributed by atoms with van der Waals surface area (Å²) in [7, 11) is 0. The Hall–Kier alpha value is -1.13. The molecule has 0 spiro atoms. The first-order valence-electron chi connectivity index (χ1n) is 3.65. The molecule has 0 fully saturated rings. The first kappa shape index (κ1) is 8.96. The largest absolute Gasteiger partial charge is 0.399 e. The normalized spacial score (nSPS) is 8.83. The van der Waals surface area contributed by atoms with Crippen LogP contribution < -0.4 is 5.73 Å². The number of rotatable bonds is 0. The third-order valence-corrected chi connectivity index (χ3v) is 1.67. The first-order valence-corrected chi connectivity index (χ1v) is 4.18. The number of halogens is 1. The smallest absolute Gasteiger partial charge is 0.0839 e. The maximum Gasteiger partial charge on any atom is 0.0839 e. The Labute approximate surface area is 77.5 Å². The van der Waals surface area contributed by atoms with Crippen LogP contribution in [0.15, 0.2) is 18.2 Å². The van der Waals surface area contributed by atoms with E-state index in [2.05, 4.69) is 11.8 Å². The van der Waals surface area contributed by atoms with E-state index in [9.17, 15) is 0 Å². The van der Waals surface area contributed by atoms with E-state index in [1.807, 2.05) is 25.1 Å². The predicted octanol–water partition coefficient (Wildman–Crippen LogP) is 2.17. The van der Waals surface area contributed by atoms with Crippen LogP contribution in [0.3, 0.4) is 0 Å². The lowest BCUT2D eigenvalue weighted by atomic mass is 10.1. The zero-order valence-corrected chi connectivity index (χ0v) is 7.65. The highest BCUT2D eigenvalue weighted by atomic mass is 35.5. The van der Waals surface area contributed by atoms with Gasteiger partial charge < -0.3 is 5.73 Å². The van der Waals surface area contributed by atoms with Crippen molar-refractivity contribution in [3.63, 3.8) is 0 Å². The molecule has 1 aromatic rings. The van der Waals surface area contributed by atoms with E-state index in [1.54, 1.807) is 0 Å². The van der Waals surface area contributed by atoms with E-state index in [1.165, 1.54) is 0 Å². The topological polar surface area (TPSA) is 26.0 Å². The number of anilines is 1. The van der Waals surface area contributed by atoms with E-state index in [-0.39, 0.29) is 0 Å². The van der Waals surface area contributed by atoms with Crippen molar-refractivity contribution >= 4 is 17.3 Å². The summed E-state index contributed by atoms with van der Waals surface area (Å²) in [4.78, 5) is 0. The minimum absolute atomic E-state index is 0.365. The first-order chi connectivity index (χ1) is 5.74. The summed E-state index contributed by atoms with van der Waals surface area (Å²) in [5.74, 6) is 6.12. The Kier molecular flexibility index (Phi) is 3.01. The Morgan fingerprint density at radius 2 is 2.25 bits per heavy atom. The van der Waals surface area contributed by atoms with Gasteiger partial charge in [-0.2, -0.15) is 0 Å². The molecule has 1 aromatic carbocycles. The molecule has 12 heavy (non-hydrogen) atoms. The van der Waals surface area contributed by atoms with Crippen LogP contribution in [-0.4, -0.2) is 5.88 Å². The lowest BCUT2D eigenvalue weighted by molar-refractivity contribution is 1.44. The van der Waals surface area contributed by atoms with Crippen LogP contribution >= 0.6 is 11.6 Å². The third-order valence-electron chi connectivity index (χ3n) is 1.54. The summed E-state index contributed by atoms with van der Waals surface area (Å²) in [6.07, 6.45) is 0. The fourth-order valence-corrected chi connectivity index (χ4v) is 1.02. The lowest BCUT2D eigenvalue weighted by Crippen LogP contribution is -1.88. The molecule has 2 heteroatoms. The van der Waals surface area contributed by atoms with E-state index >= 15 is 0 Å². The highest BCUT2D eigenvalue weighted by molar-refractivity contribution is 6.19. The molecule has 1 nitrogen and oxygen atoms in total. The van der Waals surface area contributed by atoms with E-state index < -0.39 is 0 Å². The standard InChI is InChI=1S/C10H10ClN/c1-8-7-10(12)5-4-9(8)3-2-6-11/h4-5,7H,6,12H2,1H3. The number of nitrogens with two attached hydrogens (primary N) is 1. The summed E-state index contributed by atoms with van der Waals surface area (Å²) < 4.78 is 0. The van der Waals surface area contributed by atoms with Gasteiger partial charge in [-0.1, -0.05) is 11.8 Å². The fourth-order valence-electron chi connectivity index (χ4n) is 0.956. The minimum atomic E-state index is 0.365. The van der Waals surface area contributed by atoms with Gasteiger partial charge in [-0.05, 0) is 30.7 Å². The van der Waals surface area contributed by atoms with Gasteiger partial charge in [0, 0.05) is 11.3 Å². The molecule has 0 unspecified atom stereocenters. The van der Waals surface area contributed by atoms with Crippen molar-refractivity contribution in [1.29, 1.82) is 0 Å². The summed E-state index contributed by atoms with van der Waals surface area (Å²) in [5.41, 5.74) is 8.43. The van der Waals surface area contributed by atoms with Gasteiger partial charge in [0.25, 0.3) is 0 Å². The molecule has 0 aliphatic heterocycles. The maximum absolute atomic E-state index is 5.58. The SMILES string of the molecule is Cc1cc(N)ccc1C#CCCl. The van der Waals surface area contributed by atoms with Crippen molar-refractivity contribution in [2.45, 2.75) is 6.92 Å². The number of alkyl halides is 1. The second-order valence-corrected chi connectivity index (χ2v) is 2.78. The van der Waals surface area contributed by atoms with Crippen LogP contribution in [0.1, 0.15) is 11.1 Å². The summed E-state index contributed by atoms with van der Waals surface area (Å²) >= 11 is 5.44. The van der Waals surface area contributed by atoms with Gasteiger partial charge in [0.05, 0.1) is 5.88 Å². The lowest BCUT2D eigenvalue weighted by Gasteiger charge is -1.98. The van der Waals surface area contributed by atoms with Crippen LogP contribution in [0, 0.1) is 18.8 Å². The average molecular weight is 180 g/mol. The van der Waals surface area contributed by atoms with Gasteiger partial charge in [-0.25, -0.2) is 0 Å². The molecule has 2 N–H and O–H groups in total. The predicted molar refractivity (Wildman–Crippen MR) is 53.2 cm³/mol. The molecule has 0 aliphatic carbocycles. The Balaban J connectivity index is 3.01. The van der Waals surface area contributed by atoms with Crippen molar-refractivity contribution in [3.05, 3.63) is 29.3 Å². The van der Waals surface area contributed by atoms with Crippen molar-refractivity contribution in [2.24, 2.45) is 0 Å². The van der Waals surface area contributed by atoms with Crippen LogP contribution in [0.2, 0.25) is 0 Å². The van der Waals surface area contributed by atoms with E-state index in [0.29, 0.717) is 5.88 Å². The molecule has 0 aliphatic rings. The Bertz CT molecular complexity index is 333. The molecular weight excluding hydrogens is 170 g/mol. The fraction of sp³-hybridized carbons (Fsp3) is 0.200. The molecule has 0 saturated heterocycles. The highest BCUT2D eigenvalue weighted by Gasteiger charge is 1.93. The summed E-state index contributed by atoms with van der Waals surface area (Å²) in [6.45, 7) is 1.98. The van der Waals surface area contributed by atoms with Crippen molar-refractivity contribution in [2.75, 3.05) is 11.6 Å². The molecule has 0 aromatic heterocycles. The van der Waals surface area contributed by atoms with Gasteiger partial charge in [0.15, 0.2) is 0 Å². The van der Waals surface area contributed by atoms with Gasteiger partial charge >= 0.3 is 0 Å². The zero-order valence-electron chi connectivity index (χ0n) is 6.89. The van der Waals surface area contributed by atoms with E-state index in [4.69, 9.17) is 17.3 Å². The molecule has 0 atom stereocenters. The van der Waals surface area contributed by atoms with Gasteiger partial charge in [-0.15, -0.1) is 11.6 Å². The summed E-state index contributed by atoms with van der Waals surface area (Å²) in [5, 5.41) is 0. The molecule has 0 amide bonds. The van der Waals surface area contributed by atoms with Gasteiger partial charge in [0.2, 0.25) is 0 Å². The third kappa shape index (κ3) is 2.18. The Morgan fingerprint density at radius 3 is 2.83 bits per heavy atom. The monoisotopic (exact) mass is 179 g/mol. The summed E-state index contributed by atoms with van der Waals surface area (Å²) in [6, 6.07) is 5.65. The minimum Gasteiger partial charge on any atom is -0.399 e. The number of nitrogen functional groups attached to an aromatic ring is 1. The number of hydrogen-bond donors (Lipinski definition) is 1. The van der Waals surface area contributed by atoms with Gasteiger partial charge in [-0.3, -0.25) is 0 Å². The highest BCUT2D eigenvalue weighted by Crippen LogP contribution is 2.10. The molecule has 1 rings (SSSR count). The van der Waals surface area contributed by atoms with Gasteiger partial charge in [0.1, 0.15) is 0 Å². The van der Waals surface area contributed by atoms with Crippen LogP contribution in [-0.2, 0) is 0 Å². The van der Waals surface area contributed by atoms with E-state index in [0.717, 1.165) is 16.8 Å². The van der Waals surface area contributed by atoms with Crippen LogP contribution in [0.25, 0.3) is 0 Å². The number of benzene rings is 1. The van der Waals surface area contributed by atoms with Crippen LogP contribution in [0.5, 0.6) is 0 Å². The maximum atomic E-state index is 5.58. The molecule has 0 radical (unpaired) electrons. The van der Waals surface area contributed by atoms with Crippen LogP contribution in [0.4, 0.5) is 5.69 Å². The second kappa shape index (κ2) is 4.04. The average Bonchev–Trinajstić information content (AvgIpc) is 2.03. The molecule has 62 valence electrons. The number of hydrogen-bond acceptors (Lipinski definition) is 1. The number of aryl methyl sites for hydroxylation is 1. The van der Waals surface area contributed by atoms with Crippen molar-refractivity contribution < 1.29 is 0 Å². The molecular formula is C10H10ClN. The Morgan fingerprint density at radius 1 is 1.50 bits per heavy atom. The molecule has 0 saturated carbocycles. The van der Waals surface area contributed by atoms with Crippen molar-refractivity contribution in [1.82, 2.24) is 0 Å². The quantitative estimate of drug-likeness (QED) is 0.369. The molecule has 0 bridgehead atoms. The molecule has 0 heterocycles. The second-order valence-electron chi connectivity index (χ2n) is 2.51.